The van der Waals surface area contributed by atoms with Crippen molar-refractivity contribution in [1.82, 2.24) is 4.31 Å². The maximum Gasteiger partial charge on any atom is 0.245 e. The number of ether oxygens (including phenoxy) is 2. The number of carbonyl (C=O) groups is 1. The third-order valence-electron chi connectivity index (χ3n) is 5.36. The molecular formula is C22H29N3O7S2. The second-order valence-electron chi connectivity index (χ2n) is 7.99. The van der Waals surface area contributed by atoms with Gasteiger partial charge in [0.2, 0.25) is 26.0 Å². The summed E-state index contributed by atoms with van der Waals surface area (Å²) < 4.78 is 63.8. The standard InChI is InChI=1S/C22H29N3O7S2/c1-16-5-7-20(17(2)13-16)25(33(4,27)28)15-22(26)23-19-14-18(6-8-21(19)31-3)34(29,30)24-9-11-32-12-10-24/h5-8,13-14H,9-12,15H2,1-4H3,(H,23,26). The molecule has 0 spiro atoms. The second-order valence-corrected chi connectivity index (χ2v) is 11.8. The van der Waals surface area contributed by atoms with Crippen molar-refractivity contribution in [2.45, 2.75) is 18.7 Å². The van der Waals surface area contributed by atoms with Crippen LogP contribution in [-0.4, -0.2) is 73.3 Å². The van der Waals surface area contributed by atoms with Gasteiger partial charge in [0, 0.05) is 13.1 Å². The fourth-order valence-electron chi connectivity index (χ4n) is 3.67. The lowest BCUT2D eigenvalue weighted by molar-refractivity contribution is -0.114. The third kappa shape index (κ3) is 5.87. The van der Waals surface area contributed by atoms with Crippen molar-refractivity contribution in [2.75, 3.05) is 55.8 Å². The first-order valence-electron chi connectivity index (χ1n) is 10.5. The molecule has 186 valence electrons. The van der Waals surface area contributed by atoms with E-state index in [1.165, 1.54) is 29.6 Å². The van der Waals surface area contributed by atoms with Gasteiger partial charge in [-0.25, -0.2) is 16.8 Å². The minimum absolute atomic E-state index is 0.0140. The predicted molar refractivity (Wildman–Crippen MR) is 129 cm³/mol. The molecule has 2 aromatic rings. The Labute approximate surface area is 200 Å². The van der Waals surface area contributed by atoms with Crippen molar-refractivity contribution in [3.8, 4) is 5.75 Å². The predicted octanol–water partition coefficient (Wildman–Crippen LogP) is 1.74. The lowest BCUT2D eigenvalue weighted by Crippen LogP contribution is -2.40. The molecule has 1 aliphatic rings. The number of hydrogen-bond donors (Lipinski definition) is 1. The minimum Gasteiger partial charge on any atom is -0.495 e. The first-order valence-corrected chi connectivity index (χ1v) is 13.8. The van der Waals surface area contributed by atoms with Gasteiger partial charge in [0.15, 0.2) is 0 Å². The number of methoxy groups -OCH3 is 1. The van der Waals surface area contributed by atoms with E-state index in [4.69, 9.17) is 9.47 Å². The molecule has 2 aromatic carbocycles. The van der Waals surface area contributed by atoms with Gasteiger partial charge in [-0.15, -0.1) is 0 Å². The highest BCUT2D eigenvalue weighted by Crippen LogP contribution is 2.30. The van der Waals surface area contributed by atoms with Crippen LogP contribution in [0.15, 0.2) is 41.3 Å². The van der Waals surface area contributed by atoms with Crippen LogP contribution in [0, 0.1) is 13.8 Å². The van der Waals surface area contributed by atoms with E-state index in [0.717, 1.165) is 16.1 Å². The molecule has 1 amide bonds. The van der Waals surface area contributed by atoms with Crippen molar-refractivity contribution >= 4 is 37.3 Å². The van der Waals surface area contributed by atoms with Crippen molar-refractivity contribution in [2.24, 2.45) is 0 Å². The van der Waals surface area contributed by atoms with Crippen LogP contribution in [0.2, 0.25) is 0 Å². The van der Waals surface area contributed by atoms with Gasteiger partial charge in [0.05, 0.1) is 42.8 Å². The lowest BCUT2D eigenvalue weighted by Gasteiger charge is -2.26. The van der Waals surface area contributed by atoms with Crippen molar-refractivity contribution in [3.63, 3.8) is 0 Å². The molecule has 3 rings (SSSR count). The van der Waals surface area contributed by atoms with E-state index in [2.05, 4.69) is 5.32 Å². The number of rotatable bonds is 8. The van der Waals surface area contributed by atoms with Crippen LogP contribution in [0.4, 0.5) is 11.4 Å². The number of hydrogen-bond acceptors (Lipinski definition) is 7. The van der Waals surface area contributed by atoms with E-state index in [0.29, 0.717) is 24.5 Å². The lowest BCUT2D eigenvalue weighted by atomic mass is 10.1. The number of sulfonamides is 2. The van der Waals surface area contributed by atoms with Crippen molar-refractivity contribution in [1.29, 1.82) is 0 Å². The molecule has 0 atom stereocenters. The number of amides is 1. The molecule has 10 nitrogen and oxygen atoms in total. The summed E-state index contributed by atoms with van der Waals surface area (Å²) in [5.74, 6) is -0.406. The Morgan fingerprint density at radius 3 is 2.35 bits per heavy atom. The zero-order chi connectivity index (χ0) is 25.1. The topological polar surface area (TPSA) is 122 Å². The molecule has 1 fully saturated rings. The smallest absolute Gasteiger partial charge is 0.245 e. The Hall–Kier alpha value is -2.67. The van der Waals surface area contributed by atoms with Gasteiger partial charge in [-0.3, -0.25) is 9.10 Å². The average molecular weight is 512 g/mol. The van der Waals surface area contributed by atoms with Crippen molar-refractivity contribution in [3.05, 3.63) is 47.5 Å². The van der Waals surface area contributed by atoms with Crippen LogP contribution in [0.1, 0.15) is 11.1 Å². The molecule has 0 bridgehead atoms. The number of carbonyl (C=O) groups excluding carboxylic acids is 1. The molecule has 0 saturated carbocycles. The average Bonchev–Trinajstić information content (AvgIpc) is 2.78. The summed E-state index contributed by atoms with van der Waals surface area (Å²) >= 11 is 0. The molecule has 0 radical (unpaired) electrons. The number of aryl methyl sites for hydroxylation is 2. The zero-order valence-electron chi connectivity index (χ0n) is 19.6. The largest absolute Gasteiger partial charge is 0.495 e. The number of nitrogens with zero attached hydrogens (tertiary/aromatic N) is 2. The van der Waals surface area contributed by atoms with Crippen LogP contribution in [-0.2, 0) is 29.6 Å². The van der Waals surface area contributed by atoms with Crippen molar-refractivity contribution < 1.29 is 31.1 Å². The van der Waals surface area contributed by atoms with E-state index >= 15 is 0 Å². The van der Waals surface area contributed by atoms with Gasteiger partial charge < -0.3 is 14.8 Å². The Morgan fingerprint density at radius 1 is 1.09 bits per heavy atom. The number of anilines is 2. The fraction of sp³-hybridized carbons (Fsp3) is 0.409. The minimum atomic E-state index is -3.80. The molecule has 1 heterocycles. The van der Waals surface area contributed by atoms with Gasteiger partial charge in [0.25, 0.3) is 0 Å². The molecule has 34 heavy (non-hydrogen) atoms. The fourth-order valence-corrected chi connectivity index (χ4v) is 6.02. The van der Waals surface area contributed by atoms with Gasteiger partial charge in [-0.2, -0.15) is 4.31 Å². The van der Waals surface area contributed by atoms with Crippen LogP contribution in [0.25, 0.3) is 0 Å². The Kier molecular flexibility index (Phi) is 7.86. The van der Waals surface area contributed by atoms with E-state index in [9.17, 15) is 21.6 Å². The molecule has 0 aromatic heterocycles. The first-order chi connectivity index (χ1) is 15.9. The van der Waals surface area contributed by atoms with Gasteiger partial charge in [0.1, 0.15) is 12.3 Å². The Bertz CT molecular complexity index is 1270. The summed E-state index contributed by atoms with van der Waals surface area (Å²) in [6, 6.07) is 9.40. The number of benzene rings is 2. The molecule has 1 saturated heterocycles. The Balaban J connectivity index is 1.88. The van der Waals surface area contributed by atoms with E-state index in [1.807, 2.05) is 13.0 Å². The van der Waals surface area contributed by atoms with E-state index < -0.39 is 32.5 Å². The summed E-state index contributed by atoms with van der Waals surface area (Å²) in [5.41, 5.74) is 2.17. The summed E-state index contributed by atoms with van der Waals surface area (Å²) in [6.45, 7) is 4.23. The molecule has 12 heteroatoms. The summed E-state index contributed by atoms with van der Waals surface area (Å²) in [6.07, 6.45) is 1.02. The molecule has 0 aliphatic carbocycles. The summed E-state index contributed by atoms with van der Waals surface area (Å²) in [4.78, 5) is 12.9. The maximum atomic E-state index is 13.0. The van der Waals surface area contributed by atoms with E-state index in [1.54, 1.807) is 19.1 Å². The highest BCUT2D eigenvalue weighted by atomic mass is 32.2. The van der Waals surface area contributed by atoms with Gasteiger partial charge >= 0.3 is 0 Å². The zero-order valence-corrected chi connectivity index (χ0v) is 21.2. The van der Waals surface area contributed by atoms with Crippen LogP contribution in [0.5, 0.6) is 5.75 Å². The van der Waals surface area contributed by atoms with Gasteiger partial charge in [-0.1, -0.05) is 17.7 Å². The number of morpholine rings is 1. The first kappa shape index (κ1) is 25.9. The van der Waals surface area contributed by atoms with Gasteiger partial charge in [-0.05, 0) is 43.7 Å². The molecular weight excluding hydrogens is 482 g/mol. The monoisotopic (exact) mass is 511 g/mol. The molecule has 0 unspecified atom stereocenters. The second kappa shape index (κ2) is 10.3. The highest BCUT2D eigenvalue weighted by molar-refractivity contribution is 7.92. The van der Waals surface area contributed by atoms with E-state index in [-0.39, 0.29) is 29.4 Å². The third-order valence-corrected chi connectivity index (χ3v) is 8.38. The Morgan fingerprint density at radius 2 is 1.76 bits per heavy atom. The molecule has 1 aliphatic heterocycles. The van der Waals surface area contributed by atoms with Crippen LogP contribution in [0.3, 0.4) is 0 Å². The van der Waals surface area contributed by atoms with Crippen LogP contribution >= 0.6 is 0 Å². The SMILES string of the molecule is COc1ccc(S(=O)(=O)N2CCOCC2)cc1NC(=O)CN(c1ccc(C)cc1C)S(C)(=O)=O. The normalized spacial score (nSPS) is 15.1. The summed E-state index contributed by atoms with van der Waals surface area (Å²) in [7, 11) is -6.19. The molecule has 1 N–H and O–H groups in total. The number of nitrogens with one attached hydrogen (secondary N) is 1. The van der Waals surface area contributed by atoms with Crippen LogP contribution < -0.4 is 14.4 Å². The summed E-state index contributed by atoms with van der Waals surface area (Å²) in [5, 5.41) is 2.60. The quantitative estimate of drug-likeness (QED) is 0.573. The maximum absolute atomic E-state index is 13.0. The highest BCUT2D eigenvalue weighted by Gasteiger charge is 2.28.